The van der Waals surface area contributed by atoms with Crippen LogP contribution in [-0.4, -0.2) is 55.7 Å². The molecule has 0 aromatic carbocycles. The van der Waals surface area contributed by atoms with E-state index in [9.17, 15) is 4.79 Å². The second-order valence-electron chi connectivity index (χ2n) is 5.49. The Kier molecular flexibility index (Phi) is 4.97. The van der Waals surface area contributed by atoms with Gasteiger partial charge in [0.05, 0.1) is 18.7 Å². The lowest BCUT2D eigenvalue weighted by Crippen LogP contribution is -2.48. The van der Waals surface area contributed by atoms with Crippen LogP contribution in [0.25, 0.3) is 0 Å². The maximum absolute atomic E-state index is 12.0. The molecule has 5 heteroatoms. The maximum Gasteiger partial charge on any atom is 0.234 e. The van der Waals surface area contributed by atoms with Crippen LogP contribution in [-0.2, 0) is 9.53 Å². The first-order valence-corrected chi connectivity index (χ1v) is 6.99. The largest absolute Gasteiger partial charge is 0.379 e. The summed E-state index contributed by atoms with van der Waals surface area (Å²) >= 11 is 0. The quantitative estimate of drug-likeness (QED) is 0.747. The van der Waals surface area contributed by atoms with Crippen molar-refractivity contribution < 1.29 is 9.53 Å². The minimum Gasteiger partial charge on any atom is -0.379 e. The van der Waals surface area contributed by atoms with Crippen LogP contribution in [0.4, 0.5) is 0 Å². The molecule has 1 aliphatic heterocycles. The van der Waals surface area contributed by atoms with Gasteiger partial charge in [-0.05, 0) is 32.1 Å². The second kappa shape index (κ2) is 6.50. The van der Waals surface area contributed by atoms with Gasteiger partial charge in [0.25, 0.3) is 0 Å². The number of hydrogen-bond donors (Lipinski definition) is 2. The van der Waals surface area contributed by atoms with E-state index in [1.807, 2.05) is 0 Å². The Balaban J connectivity index is 1.71. The highest BCUT2D eigenvalue weighted by Gasteiger charge is 2.29. The van der Waals surface area contributed by atoms with Crippen molar-refractivity contribution >= 4 is 5.91 Å². The number of nitrogens with two attached hydrogens (primary N) is 1. The molecule has 2 rings (SSSR count). The van der Waals surface area contributed by atoms with Gasteiger partial charge in [-0.25, -0.2) is 0 Å². The van der Waals surface area contributed by atoms with Crippen molar-refractivity contribution in [3.05, 3.63) is 0 Å². The third-order valence-electron chi connectivity index (χ3n) is 4.10. The van der Waals surface area contributed by atoms with Crippen molar-refractivity contribution in [2.75, 3.05) is 26.7 Å². The molecule has 0 aromatic rings. The minimum atomic E-state index is 0.124. The fourth-order valence-electron chi connectivity index (χ4n) is 2.94. The van der Waals surface area contributed by atoms with Gasteiger partial charge in [-0.15, -0.1) is 0 Å². The Morgan fingerprint density at radius 2 is 2.06 bits per heavy atom. The van der Waals surface area contributed by atoms with Gasteiger partial charge in [-0.1, -0.05) is 0 Å². The third-order valence-corrected chi connectivity index (χ3v) is 4.10. The van der Waals surface area contributed by atoms with Crippen LogP contribution in [0.1, 0.15) is 32.1 Å². The summed E-state index contributed by atoms with van der Waals surface area (Å²) in [5, 5.41) is 3.10. The number of nitrogens with zero attached hydrogens (tertiary/aromatic N) is 1. The molecule has 1 heterocycles. The molecule has 1 saturated carbocycles. The molecule has 2 unspecified atom stereocenters. The lowest BCUT2D eigenvalue weighted by molar-refractivity contribution is -0.124. The smallest absolute Gasteiger partial charge is 0.234 e. The summed E-state index contributed by atoms with van der Waals surface area (Å²) in [6.45, 7) is 2.37. The zero-order chi connectivity index (χ0) is 13.0. The van der Waals surface area contributed by atoms with Crippen LogP contribution < -0.4 is 11.1 Å². The minimum absolute atomic E-state index is 0.124. The fourth-order valence-corrected chi connectivity index (χ4v) is 2.94. The average molecular weight is 255 g/mol. The topological polar surface area (TPSA) is 67.6 Å². The number of likely N-dealkylation sites (tertiary alicyclic amines) is 1. The molecule has 2 fully saturated rings. The van der Waals surface area contributed by atoms with E-state index in [1.54, 1.807) is 7.11 Å². The molecular weight excluding hydrogens is 230 g/mol. The SMILES string of the molecule is COC1CCCC1NC(=O)CN1CCC(N)CC1. The first-order valence-electron chi connectivity index (χ1n) is 6.99. The lowest BCUT2D eigenvalue weighted by atomic mass is 10.1. The summed E-state index contributed by atoms with van der Waals surface area (Å²) in [5.41, 5.74) is 5.85. The van der Waals surface area contributed by atoms with Crippen molar-refractivity contribution in [2.45, 2.75) is 50.3 Å². The van der Waals surface area contributed by atoms with E-state index in [2.05, 4.69) is 10.2 Å². The Labute approximate surface area is 109 Å². The Morgan fingerprint density at radius 3 is 2.72 bits per heavy atom. The van der Waals surface area contributed by atoms with E-state index in [1.165, 1.54) is 0 Å². The summed E-state index contributed by atoms with van der Waals surface area (Å²) in [6.07, 6.45) is 5.43. The molecule has 104 valence electrons. The molecule has 0 radical (unpaired) electrons. The van der Waals surface area contributed by atoms with Crippen LogP contribution >= 0.6 is 0 Å². The molecule has 3 N–H and O–H groups in total. The third kappa shape index (κ3) is 3.67. The van der Waals surface area contributed by atoms with Gasteiger partial charge in [-0.2, -0.15) is 0 Å². The van der Waals surface area contributed by atoms with Crippen LogP contribution in [0.15, 0.2) is 0 Å². The van der Waals surface area contributed by atoms with Gasteiger partial charge in [0, 0.05) is 26.2 Å². The molecule has 5 nitrogen and oxygen atoms in total. The molecule has 0 aromatic heterocycles. The zero-order valence-electron chi connectivity index (χ0n) is 11.2. The van der Waals surface area contributed by atoms with Crippen LogP contribution in [0.5, 0.6) is 0 Å². The van der Waals surface area contributed by atoms with E-state index in [4.69, 9.17) is 10.5 Å². The molecular formula is C13H25N3O2. The number of carbonyl (C=O) groups is 1. The number of carbonyl (C=O) groups excluding carboxylic acids is 1. The van der Waals surface area contributed by atoms with E-state index in [0.29, 0.717) is 12.6 Å². The molecule has 2 aliphatic rings. The molecule has 1 amide bonds. The Hall–Kier alpha value is -0.650. The number of amides is 1. The number of rotatable bonds is 4. The number of nitrogens with one attached hydrogen (secondary N) is 1. The molecule has 18 heavy (non-hydrogen) atoms. The molecule has 0 spiro atoms. The number of piperidine rings is 1. The van der Waals surface area contributed by atoms with Crippen molar-refractivity contribution in [3.8, 4) is 0 Å². The van der Waals surface area contributed by atoms with Gasteiger partial charge >= 0.3 is 0 Å². The van der Waals surface area contributed by atoms with Gasteiger partial charge in [0.1, 0.15) is 0 Å². The number of hydrogen-bond acceptors (Lipinski definition) is 4. The van der Waals surface area contributed by atoms with E-state index < -0.39 is 0 Å². The summed E-state index contributed by atoms with van der Waals surface area (Å²) in [6, 6.07) is 0.520. The number of ether oxygens (including phenoxy) is 1. The fraction of sp³-hybridized carbons (Fsp3) is 0.923. The predicted octanol–water partition coefficient (Wildman–Crippen LogP) is 0.0932. The van der Waals surface area contributed by atoms with Crippen LogP contribution in [0.2, 0.25) is 0 Å². The summed E-state index contributed by atoms with van der Waals surface area (Å²) < 4.78 is 5.38. The standard InChI is InChI=1S/C13H25N3O2/c1-18-12-4-2-3-11(12)15-13(17)9-16-7-5-10(14)6-8-16/h10-12H,2-9,14H2,1H3,(H,15,17). The predicted molar refractivity (Wildman–Crippen MR) is 70.2 cm³/mol. The molecule has 1 aliphatic carbocycles. The first kappa shape index (κ1) is 13.8. The van der Waals surface area contributed by atoms with Gasteiger partial charge < -0.3 is 15.8 Å². The lowest BCUT2D eigenvalue weighted by Gasteiger charge is -2.30. The zero-order valence-corrected chi connectivity index (χ0v) is 11.2. The Morgan fingerprint density at radius 1 is 1.33 bits per heavy atom. The molecule has 2 atom stereocenters. The Bertz CT molecular complexity index is 277. The molecule has 1 saturated heterocycles. The average Bonchev–Trinajstić information content (AvgIpc) is 2.79. The van der Waals surface area contributed by atoms with Crippen molar-refractivity contribution in [3.63, 3.8) is 0 Å². The first-order chi connectivity index (χ1) is 8.69. The van der Waals surface area contributed by atoms with Crippen LogP contribution in [0.3, 0.4) is 0 Å². The van der Waals surface area contributed by atoms with Gasteiger partial charge in [0.2, 0.25) is 5.91 Å². The van der Waals surface area contributed by atoms with E-state index in [-0.39, 0.29) is 18.1 Å². The second-order valence-corrected chi connectivity index (χ2v) is 5.49. The highest BCUT2D eigenvalue weighted by molar-refractivity contribution is 5.78. The summed E-state index contributed by atoms with van der Waals surface area (Å²) in [4.78, 5) is 14.2. The normalized spacial score (nSPS) is 30.6. The maximum atomic E-state index is 12.0. The highest BCUT2D eigenvalue weighted by atomic mass is 16.5. The number of methoxy groups -OCH3 is 1. The van der Waals surface area contributed by atoms with E-state index in [0.717, 1.165) is 45.2 Å². The van der Waals surface area contributed by atoms with Crippen molar-refractivity contribution in [1.29, 1.82) is 0 Å². The monoisotopic (exact) mass is 255 g/mol. The highest BCUT2D eigenvalue weighted by Crippen LogP contribution is 2.21. The van der Waals surface area contributed by atoms with Crippen LogP contribution in [0, 0.1) is 0 Å². The van der Waals surface area contributed by atoms with E-state index >= 15 is 0 Å². The van der Waals surface area contributed by atoms with Crippen molar-refractivity contribution in [2.24, 2.45) is 5.73 Å². The van der Waals surface area contributed by atoms with Crippen molar-refractivity contribution in [1.82, 2.24) is 10.2 Å². The summed E-state index contributed by atoms with van der Waals surface area (Å²) in [7, 11) is 1.72. The molecule has 0 bridgehead atoms. The van der Waals surface area contributed by atoms with Gasteiger partial charge in [0.15, 0.2) is 0 Å². The summed E-state index contributed by atoms with van der Waals surface area (Å²) in [5.74, 6) is 0.124. The van der Waals surface area contributed by atoms with Gasteiger partial charge in [-0.3, -0.25) is 9.69 Å².